The molecule has 1 atom stereocenters. The lowest BCUT2D eigenvalue weighted by atomic mass is 9.98. The van der Waals surface area contributed by atoms with Gasteiger partial charge in [0.2, 0.25) is 0 Å². The molecule has 0 bridgehead atoms. The number of phenolic OH excluding ortho intramolecular Hbond substituents is 1. The molecule has 2 heterocycles. The van der Waals surface area contributed by atoms with Gasteiger partial charge in [0.15, 0.2) is 6.61 Å². The molecule has 4 N–H and O–H groups in total. The molecule has 0 spiro atoms. The molecule has 0 saturated heterocycles. The van der Waals surface area contributed by atoms with Crippen LogP contribution in [0.3, 0.4) is 0 Å². The summed E-state index contributed by atoms with van der Waals surface area (Å²) in [6.45, 7) is 3.19. The van der Waals surface area contributed by atoms with Crippen molar-refractivity contribution in [2.24, 2.45) is 0 Å². The SMILES string of the molecule is Cc1c(Cc2ccccc2)c(=O)oc2c(C)c(OCC(=O)N[C@H](Cc3c[nH]c4ccc(O)cc34)C(=O)O)ccc12. The Labute approximate surface area is 229 Å². The molecule has 40 heavy (non-hydrogen) atoms. The van der Waals surface area contributed by atoms with Gasteiger partial charge in [0.25, 0.3) is 5.91 Å². The molecular formula is C31H28N2O7. The number of carbonyl (C=O) groups is 2. The van der Waals surface area contributed by atoms with Gasteiger partial charge in [0, 0.05) is 46.5 Å². The number of aromatic hydroxyl groups is 1. The zero-order valence-corrected chi connectivity index (χ0v) is 22.0. The summed E-state index contributed by atoms with van der Waals surface area (Å²) in [5, 5.41) is 23.4. The molecular weight excluding hydrogens is 512 g/mol. The number of aliphatic carboxylic acids is 1. The molecule has 0 aliphatic carbocycles. The van der Waals surface area contributed by atoms with Crippen LogP contribution in [0.4, 0.5) is 0 Å². The molecule has 0 fully saturated rings. The van der Waals surface area contributed by atoms with E-state index in [9.17, 15) is 24.6 Å². The number of phenols is 1. The second kappa shape index (κ2) is 11.0. The maximum absolute atomic E-state index is 12.9. The predicted molar refractivity (Wildman–Crippen MR) is 150 cm³/mol. The Balaban J connectivity index is 1.30. The largest absolute Gasteiger partial charge is 0.508 e. The van der Waals surface area contributed by atoms with E-state index < -0.39 is 30.2 Å². The highest BCUT2D eigenvalue weighted by Crippen LogP contribution is 2.30. The molecule has 0 radical (unpaired) electrons. The summed E-state index contributed by atoms with van der Waals surface area (Å²) in [6.07, 6.45) is 2.12. The van der Waals surface area contributed by atoms with E-state index in [2.05, 4.69) is 10.3 Å². The van der Waals surface area contributed by atoms with Crippen LogP contribution in [0.5, 0.6) is 11.5 Å². The van der Waals surface area contributed by atoms with Crippen molar-refractivity contribution >= 4 is 33.7 Å². The second-order valence-corrected chi connectivity index (χ2v) is 9.72. The number of benzene rings is 3. The molecule has 9 nitrogen and oxygen atoms in total. The van der Waals surface area contributed by atoms with Gasteiger partial charge >= 0.3 is 11.6 Å². The first-order valence-electron chi connectivity index (χ1n) is 12.7. The minimum Gasteiger partial charge on any atom is -0.508 e. The molecule has 3 aromatic carbocycles. The Kier molecular flexibility index (Phi) is 7.29. The van der Waals surface area contributed by atoms with Crippen LogP contribution in [0.25, 0.3) is 21.9 Å². The number of H-pyrrole nitrogens is 1. The summed E-state index contributed by atoms with van der Waals surface area (Å²) in [4.78, 5) is 40.4. The van der Waals surface area contributed by atoms with Gasteiger partial charge < -0.3 is 29.7 Å². The number of aromatic amines is 1. The average Bonchev–Trinajstić information content (AvgIpc) is 3.32. The number of aryl methyl sites for hydroxylation is 2. The van der Waals surface area contributed by atoms with Gasteiger partial charge in [-0.15, -0.1) is 0 Å². The third-order valence-corrected chi connectivity index (χ3v) is 7.04. The van der Waals surface area contributed by atoms with E-state index in [0.29, 0.717) is 39.8 Å². The van der Waals surface area contributed by atoms with Crippen LogP contribution in [0.15, 0.2) is 76.1 Å². The number of carboxylic acid groups (broad SMARTS) is 1. The van der Waals surface area contributed by atoms with Gasteiger partial charge in [-0.2, -0.15) is 0 Å². The Hall–Kier alpha value is -5.05. The quantitative estimate of drug-likeness (QED) is 0.203. The third-order valence-electron chi connectivity index (χ3n) is 7.04. The van der Waals surface area contributed by atoms with Crippen LogP contribution in [0, 0.1) is 13.8 Å². The van der Waals surface area contributed by atoms with E-state index in [1.807, 2.05) is 37.3 Å². The fourth-order valence-electron chi connectivity index (χ4n) is 4.87. The molecule has 0 aliphatic heterocycles. The smallest absolute Gasteiger partial charge is 0.340 e. The Bertz CT molecular complexity index is 1790. The van der Waals surface area contributed by atoms with Gasteiger partial charge in [-0.3, -0.25) is 4.79 Å². The summed E-state index contributed by atoms with van der Waals surface area (Å²) in [5.41, 5.74) is 4.29. The number of carboxylic acids is 1. The normalized spacial score (nSPS) is 11.9. The second-order valence-electron chi connectivity index (χ2n) is 9.72. The molecule has 0 aliphatic rings. The lowest BCUT2D eigenvalue weighted by molar-refractivity contribution is -0.142. The minimum atomic E-state index is -1.21. The third kappa shape index (κ3) is 5.40. The maximum atomic E-state index is 12.9. The lowest BCUT2D eigenvalue weighted by Gasteiger charge is -2.16. The van der Waals surface area contributed by atoms with Crippen molar-refractivity contribution in [2.75, 3.05) is 6.61 Å². The fraction of sp³-hybridized carbons (Fsp3) is 0.194. The number of nitrogens with one attached hydrogen (secondary N) is 2. The van der Waals surface area contributed by atoms with E-state index in [0.717, 1.165) is 22.0 Å². The van der Waals surface area contributed by atoms with E-state index in [-0.39, 0.29) is 12.2 Å². The van der Waals surface area contributed by atoms with E-state index >= 15 is 0 Å². The molecule has 5 aromatic rings. The molecule has 1 amide bonds. The first kappa shape index (κ1) is 26.6. The zero-order chi connectivity index (χ0) is 28.4. The summed E-state index contributed by atoms with van der Waals surface area (Å²) < 4.78 is 11.4. The number of hydrogen-bond acceptors (Lipinski definition) is 6. The van der Waals surface area contributed by atoms with Crippen molar-refractivity contribution < 1.29 is 29.0 Å². The number of ether oxygens (including phenoxy) is 1. The number of aromatic nitrogens is 1. The van der Waals surface area contributed by atoms with Gasteiger partial charge in [-0.25, -0.2) is 9.59 Å². The number of rotatable bonds is 9. The Morgan fingerprint density at radius 1 is 1.02 bits per heavy atom. The number of hydrogen-bond donors (Lipinski definition) is 4. The maximum Gasteiger partial charge on any atom is 0.340 e. The summed E-state index contributed by atoms with van der Waals surface area (Å²) in [6, 6.07) is 16.7. The minimum absolute atomic E-state index is 0.00920. The monoisotopic (exact) mass is 540 g/mol. The van der Waals surface area contributed by atoms with Crippen molar-refractivity contribution in [1.29, 1.82) is 0 Å². The zero-order valence-electron chi connectivity index (χ0n) is 22.0. The lowest BCUT2D eigenvalue weighted by Crippen LogP contribution is -2.44. The van der Waals surface area contributed by atoms with Crippen LogP contribution < -0.4 is 15.7 Å². The van der Waals surface area contributed by atoms with Gasteiger partial charge in [-0.1, -0.05) is 30.3 Å². The van der Waals surface area contributed by atoms with Gasteiger partial charge in [0.1, 0.15) is 23.1 Å². The molecule has 0 unspecified atom stereocenters. The summed E-state index contributed by atoms with van der Waals surface area (Å²) >= 11 is 0. The molecule has 204 valence electrons. The Morgan fingerprint density at radius 2 is 1.80 bits per heavy atom. The van der Waals surface area contributed by atoms with Crippen LogP contribution in [-0.4, -0.2) is 39.7 Å². The summed E-state index contributed by atoms with van der Waals surface area (Å²) in [5.74, 6) is -1.42. The van der Waals surface area contributed by atoms with Gasteiger partial charge in [-0.05, 0) is 60.9 Å². The van der Waals surface area contributed by atoms with Crippen LogP contribution >= 0.6 is 0 Å². The Morgan fingerprint density at radius 3 is 2.55 bits per heavy atom. The van der Waals surface area contributed by atoms with E-state index in [4.69, 9.17) is 9.15 Å². The van der Waals surface area contributed by atoms with Crippen LogP contribution in [0.1, 0.15) is 27.8 Å². The topological polar surface area (TPSA) is 142 Å². The highest BCUT2D eigenvalue weighted by atomic mass is 16.5. The average molecular weight is 541 g/mol. The predicted octanol–water partition coefficient (Wildman–Crippen LogP) is 4.38. The molecule has 9 heteroatoms. The fourth-order valence-corrected chi connectivity index (χ4v) is 4.87. The number of amides is 1. The van der Waals surface area contributed by atoms with Crippen LogP contribution in [-0.2, 0) is 22.4 Å². The first-order valence-corrected chi connectivity index (χ1v) is 12.7. The van der Waals surface area contributed by atoms with E-state index in [1.165, 1.54) is 12.1 Å². The first-order chi connectivity index (χ1) is 19.2. The van der Waals surface area contributed by atoms with Crippen molar-refractivity contribution in [3.63, 3.8) is 0 Å². The van der Waals surface area contributed by atoms with Crippen molar-refractivity contribution in [2.45, 2.75) is 32.7 Å². The van der Waals surface area contributed by atoms with Crippen molar-refractivity contribution in [3.05, 3.63) is 105 Å². The van der Waals surface area contributed by atoms with Crippen LogP contribution in [0.2, 0.25) is 0 Å². The van der Waals surface area contributed by atoms with Crippen molar-refractivity contribution in [3.8, 4) is 11.5 Å². The van der Waals surface area contributed by atoms with E-state index in [1.54, 1.807) is 31.3 Å². The highest BCUT2D eigenvalue weighted by Gasteiger charge is 2.23. The highest BCUT2D eigenvalue weighted by molar-refractivity contribution is 5.88. The standard InChI is InChI=1S/C31H28N2O7/c1-17-22-9-11-27(18(2)29(22)40-31(38)23(17)12-19-6-4-3-5-7-19)39-16-28(35)33-26(30(36)37)13-20-15-32-25-10-8-21(34)14-24(20)25/h3-11,14-15,26,32,34H,12-13,16H2,1-2H3,(H,33,35)(H,36,37)/t26-/m1/s1. The number of carbonyl (C=O) groups excluding carboxylic acids is 1. The molecule has 0 saturated carbocycles. The molecule has 5 rings (SSSR count). The van der Waals surface area contributed by atoms with Gasteiger partial charge in [0.05, 0.1) is 0 Å². The van der Waals surface area contributed by atoms with Crippen molar-refractivity contribution in [1.82, 2.24) is 10.3 Å². The molecule has 2 aromatic heterocycles. The number of fused-ring (bicyclic) bond motifs is 2. The summed E-state index contributed by atoms with van der Waals surface area (Å²) in [7, 11) is 0.